The molecule has 0 aromatic carbocycles. The topological polar surface area (TPSA) is 138 Å². The molecule has 10 heteroatoms. The van der Waals surface area contributed by atoms with E-state index in [2.05, 4.69) is 15.4 Å². The Kier molecular flexibility index (Phi) is 5.50. The Morgan fingerprint density at radius 1 is 1.46 bits per heavy atom. The van der Waals surface area contributed by atoms with Crippen molar-refractivity contribution in [1.82, 2.24) is 20.1 Å². The van der Waals surface area contributed by atoms with Crippen molar-refractivity contribution in [2.45, 2.75) is 26.2 Å². The van der Waals surface area contributed by atoms with Crippen molar-refractivity contribution in [1.29, 1.82) is 0 Å². The molecule has 1 amide bonds. The van der Waals surface area contributed by atoms with E-state index in [1.165, 1.54) is 13.8 Å². The summed E-state index contributed by atoms with van der Waals surface area (Å²) in [6.07, 6.45) is 1.48. The maximum absolute atomic E-state index is 12.4. The normalized spacial score (nSPS) is 17.0. The molecule has 0 spiro atoms. The second-order valence-corrected chi connectivity index (χ2v) is 6.86. The first kappa shape index (κ1) is 19.6. The van der Waals surface area contributed by atoms with Gasteiger partial charge in [0.1, 0.15) is 5.69 Å². The van der Waals surface area contributed by atoms with Crippen LogP contribution < -0.4 is 10.7 Å². The van der Waals surface area contributed by atoms with Crippen LogP contribution in [0.25, 0.3) is 0 Å². The Balaban J connectivity index is 1.57. The molecule has 10 nitrogen and oxygen atoms in total. The summed E-state index contributed by atoms with van der Waals surface area (Å²) >= 11 is 0. The zero-order valence-electron chi connectivity index (χ0n) is 15.6. The Morgan fingerprint density at radius 2 is 2.21 bits per heavy atom. The maximum atomic E-state index is 12.4. The average molecular weight is 390 g/mol. The average Bonchev–Trinajstić information content (AvgIpc) is 3.34. The zero-order chi connectivity index (χ0) is 20.4. The molecule has 0 saturated carbocycles. The van der Waals surface area contributed by atoms with Crippen molar-refractivity contribution in [2.75, 3.05) is 26.2 Å². The van der Waals surface area contributed by atoms with Crippen LogP contribution in [0.5, 0.6) is 5.75 Å². The molecule has 3 rings (SSSR count). The smallest absolute Gasteiger partial charge is 0.271 e. The lowest BCUT2D eigenvalue weighted by Crippen LogP contribution is -2.36. The standard InChI is InChI=1S/C18H22N4O6/c1-10-15(22(27)11(2)17(25)16(10)24)18(26)19-4-6-21-5-3-12(8-21)14-7-13(9-23)28-20-14/h7,9,12,25,27H,3-6,8H2,1-2H3,(H,19,26). The molecule has 1 atom stereocenters. The fraction of sp³-hybridized carbons (Fsp3) is 0.444. The van der Waals surface area contributed by atoms with Crippen molar-refractivity contribution in [3.05, 3.63) is 44.7 Å². The Bertz CT molecular complexity index is 964. The van der Waals surface area contributed by atoms with Gasteiger partial charge in [0.25, 0.3) is 5.91 Å². The van der Waals surface area contributed by atoms with Gasteiger partial charge in [0.05, 0.1) is 5.69 Å². The molecule has 1 aliphatic rings. The molecule has 28 heavy (non-hydrogen) atoms. The summed E-state index contributed by atoms with van der Waals surface area (Å²) in [6, 6.07) is 1.64. The van der Waals surface area contributed by atoms with E-state index < -0.39 is 17.1 Å². The summed E-state index contributed by atoms with van der Waals surface area (Å²) in [5.41, 5.74) is -0.249. The van der Waals surface area contributed by atoms with Crippen LogP contribution in [-0.4, -0.2) is 63.5 Å². The van der Waals surface area contributed by atoms with E-state index in [-0.39, 0.29) is 28.6 Å². The number of aromatic hydroxyl groups is 1. The minimum absolute atomic E-state index is 0.0265. The number of hydrogen-bond acceptors (Lipinski definition) is 8. The third kappa shape index (κ3) is 3.63. The lowest BCUT2D eigenvalue weighted by molar-refractivity contribution is 0.0886. The fourth-order valence-electron chi connectivity index (χ4n) is 3.38. The van der Waals surface area contributed by atoms with Gasteiger partial charge >= 0.3 is 0 Å². The van der Waals surface area contributed by atoms with Crippen LogP contribution in [0.2, 0.25) is 0 Å². The highest BCUT2D eigenvalue weighted by Crippen LogP contribution is 2.26. The number of nitrogens with one attached hydrogen (secondary N) is 1. The molecule has 3 N–H and O–H groups in total. The molecule has 3 heterocycles. The lowest BCUT2D eigenvalue weighted by Gasteiger charge is -2.17. The molecule has 0 bridgehead atoms. The largest absolute Gasteiger partial charge is 0.503 e. The van der Waals surface area contributed by atoms with Gasteiger partial charge in [0, 0.05) is 37.2 Å². The van der Waals surface area contributed by atoms with Gasteiger partial charge in [-0.25, -0.2) is 0 Å². The number of pyridine rings is 1. The van der Waals surface area contributed by atoms with Crippen LogP contribution in [0.4, 0.5) is 0 Å². The third-order valence-electron chi connectivity index (χ3n) is 5.07. The molecule has 0 aliphatic carbocycles. The summed E-state index contributed by atoms with van der Waals surface area (Å²) in [5, 5.41) is 26.3. The van der Waals surface area contributed by atoms with Crippen molar-refractivity contribution in [2.24, 2.45) is 0 Å². The van der Waals surface area contributed by atoms with Gasteiger partial charge in [-0.1, -0.05) is 5.16 Å². The second kappa shape index (κ2) is 7.85. The molecular formula is C18H22N4O6. The number of aromatic nitrogens is 2. The molecule has 0 radical (unpaired) electrons. The van der Waals surface area contributed by atoms with Gasteiger partial charge < -0.3 is 25.1 Å². The molecular weight excluding hydrogens is 368 g/mol. The van der Waals surface area contributed by atoms with E-state index in [9.17, 15) is 24.7 Å². The fourth-order valence-corrected chi connectivity index (χ4v) is 3.38. The highest BCUT2D eigenvalue weighted by atomic mass is 16.5. The number of nitrogens with zero attached hydrogens (tertiary/aromatic N) is 3. The van der Waals surface area contributed by atoms with E-state index >= 15 is 0 Å². The quantitative estimate of drug-likeness (QED) is 0.477. The SMILES string of the molecule is Cc1c(C(=O)NCCN2CCC(c3cc(C=O)on3)C2)n(O)c(C)c(O)c1=O. The summed E-state index contributed by atoms with van der Waals surface area (Å²) < 4.78 is 5.44. The van der Waals surface area contributed by atoms with Crippen molar-refractivity contribution >= 4 is 12.2 Å². The molecule has 150 valence electrons. The number of carbonyl (C=O) groups is 2. The molecule has 2 aromatic heterocycles. The number of amides is 1. The molecule has 1 aliphatic heterocycles. The van der Waals surface area contributed by atoms with Gasteiger partial charge in [-0.15, -0.1) is 0 Å². The summed E-state index contributed by atoms with van der Waals surface area (Å²) in [5.74, 6) is -0.804. The van der Waals surface area contributed by atoms with Gasteiger partial charge in [-0.05, 0) is 26.8 Å². The second-order valence-electron chi connectivity index (χ2n) is 6.86. The Morgan fingerprint density at radius 3 is 2.89 bits per heavy atom. The first-order chi connectivity index (χ1) is 13.3. The van der Waals surface area contributed by atoms with Crippen LogP contribution in [-0.2, 0) is 0 Å². The van der Waals surface area contributed by atoms with Crippen LogP contribution in [0.3, 0.4) is 0 Å². The van der Waals surface area contributed by atoms with E-state index in [0.717, 1.165) is 25.2 Å². The van der Waals surface area contributed by atoms with E-state index in [1.54, 1.807) is 6.07 Å². The molecule has 1 saturated heterocycles. The number of carbonyl (C=O) groups excluding carboxylic acids is 2. The molecule has 1 fully saturated rings. The Labute approximate surface area is 160 Å². The van der Waals surface area contributed by atoms with Gasteiger partial charge in [0.15, 0.2) is 23.5 Å². The first-order valence-corrected chi connectivity index (χ1v) is 8.90. The minimum Gasteiger partial charge on any atom is -0.503 e. The summed E-state index contributed by atoms with van der Waals surface area (Å²) in [6.45, 7) is 5.15. The highest BCUT2D eigenvalue weighted by molar-refractivity contribution is 5.94. The van der Waals surface area contributed by atoms with E-state index in [1.807, 2.05) is 0 Å². The highest BCUT2D eigenvalue weighted by Gasteiger charge is 2.27. The van der Waals surface area contributed by atoms with Crippen molar-refractivity contribution < 1.29 is 24.4 Å². The summed E-state index contributed by atoms with van der Waals surface area (Å²) in [7, 11) is 0. The third-order valence-corrected chi connectivity index (χ3v) is 5.07. The van der Waals surface area contributed by atoms with Gasteiger partial charge in [-0.2, -0.15) is 4.73 Å². The number of rotatable bonds is 6. The number of aldehydes is 1. The number of likely N-dealkylation sites (tertiary alicyclic amines) is 1. The van der Waals surface area contributed by atoms with Crippen molar-refractivity contribution in [3.63, 3.8) is 0 Å². The minimum atomic E-state index is -0.683. The van der Waals surface area contributed by atoms with Crippen LogP contribution in [0.15, 0.2) is 15.4 Å². The zero-order valence-corrected chi connectivity index (χ0v) is 15.6. The van der Waals surface area contributed by atoms with Gasteiger partial charge in [-0.3, -0.25) is 14.4 Å². The molecule has 2 aromatic rings. The van der Waals surface area contributed by atoms with Gasteiger partial charge in [0.2, 0.25) is 5.43 Å². The maximum Gasteiger partial charge on any atom is 0.271 e. The Hall–Kier alpha value is -3.14. The van der Waals surface area contributed by atoms with E-state index in [0.29, 0.717) is 24.1 Å². The predicted octanol–water partition coefficient (Wildman–Crippen LogP) is 0.428. The van der Waals surface area contributed by atoms with Crippen LogP contribution in [0, 0.1) is 13.8 Å². The molecule has 1 unspecified atom stereocenters. The summed E-state index contributed by atoms with van der Waals surface area (Å²) in [4.78, 5) is 37.2. The van der Waals surface area contributed by atoms with Crippen LogP contribution in [0.1, 0.15) is 50.3 Å². The van der Waals surface area contributed by atoms with Crippen LogP contribution >= 0.6 is 0 Å². The van der Waals surface area contributed by atoms with Crippen molar-refractivity contribution in [3.8, 4) is 5.75 Å². The van der Waals surface area contributed by atoms with E-state index in [4.69, 9.17) is 4.52 Å². The lowest BCUT2D eigenvalue weighted by atomic mass is 10.1. The predicted molar refractivity (Wildman–Crippen MR) is 97.0 cm³/mol. The monoisotopic (exact) mass is 390 g/mol. The first-order valence-electron chi connectivity index (χ1n) is 8.90. The number of hydrogen-bond donors (Lipinski definition) is 3.